The van der Waals surface area contributed by atoms with Gasteiger partial charge in [-0.2, -0.15) is 0 Å². The maximum atomic E-state index is 12.4. The normalized spacial score (nSPS) is 15.4. The second-order valence-corrected chi connectivity index (χ2v) is 6.11. The molecule has 0 radical (unpaired) electrons. The number of ether oxygens (including phenoxy) is 4. The highest BCUT2D eigenvalue weighted by atomic mass is 16.7. The number of hydrogen-bond acceptors (Lipinski definition) is 6. The smallest absolute Gasteiger partial charge is 0.240 e. The summed E-state index contributed by atoms with van der Waals surface area (Å²) in [5.41, 5.74) is 0. The quantitative estimate of drug-likeness (QED) is 0.465. The predicted molar refractivity (Wildman–Crippen MR) is 102 cm³/mol. The van der Waals surface area contributed by atoms with E-state index in [0.717, 1.165) is 0 Å². The molecule has 0 amide bonds. The third kappa shape index (κ3) is 5.52. The van der Waals surface area contributed by atoms with E-state index in [9.17, 15) is 9.59 Å². The van der Waals surface area contributed by atoms with Crippen LogP contribution >= 0.6 is 0 Å². The van der Waals surface area contributed by atoms with Crippen molar-refractivity contribution in [3.05, 3.63) is 72.8 Å². The molecule has 0 heterocycles. The molecule has 1 aliphatic rings. The Morgan fingerprint density at radius 2 is 1.18 bits per heavy atom. The van der Waals surface area contributed by atoms with Gasteiger partial charge in [0.15, 0.2) is 5.78 Å². The van der Waals surface area contributed by atoms with Crippen LogP contribution in [0.5, 0.6) is 11.5 Å². The van der Waals surface area contributed by atoms with Crippen molar-refractivity contribution in [1.82, 2.24) is 0 Å². The van der Waals surface area contributed by atoms with Crippen LogP contribution in [0.4, 0.5) is 0 Å². The van der Waals surface area contributed by atoms with Gasteiger partial charge in [-0.3, -0.25) is 9.59 Å². The summed E-state index contributed by atoms with van der Waals surface area (Å²) in [7, 11) is 0. The Morgan fingerprint density at radius 1 is 0.679 bits per heavy atom. The number of hydrogen-bond donors (Lipinski definition) is 0. The average Bonchev–Trinajstić information content (AvgIpc) is 2.73. The van der Waals surface area contributed by atoms with Crippen LogP contribution in [-0.2, 0) is 19.1 Å². The van der Waals surface area contributed by atoms with Crippen LogP contribution in [0, 0.1) is 0 Å². The Labute approximate surface area is 163 Å². The second kappa shape index (κ2) is 9.82. The van der Waals surface area contributed by atoms with Gasteiger partial charge in [-0.15, -0.1) is 0 Å². The minimum Gasteiger partial charge on any atom is -0.491 e. The molecule has 28 heavy (non-hydrogen) atoms. The summed E-state index contributed by atoms with van der Waals surface area (Å²) in [6.45, 7) is 0.643. The van der Waals surface area contributed by atoms with Gasteiger partial charge in [0, 0.05) is 0 Å². The Balaban J connectivity index is 1.52. The van der Waals surface area contributed by atoms with Crippen LogP contribution in [-0.4, -0.2) is 43.8 Å². The van der Waals surface area contributed by atoms with Crippen molar-refractivity contribution in [3.63, 3.8) is 0 Å². The highest BCUT2D eigenvalue weighted by molar-refractivity contribution is 6.08. The molecule has 0 unspecified atom stereocenters. The van der Waals surface area contributed by atoms with E-state index in [2.05, 4.69) is 0 Å². The molecular formula is C22H22O6. The largest absolute Gasteiger partial charge is 0.491 e. The van der Waals surface area contributed by atoms with E-state index >= 15 is 0 Å². The summed E-state index contributed by atoms with van der Waals surface area (Å²) < 4.78 is 22.5. The fourth-order valence-corrected chi connectivity index (χ4v) is 2.72. The van der Waals surface area contributed by atoms with E-state index < -0.39 is 11.6 Å². The molecule has 0 N–H and O–H groups in total. The molecule has 6 heteroatoms. The molecule has 1 aliphatic carbocycles. The van der Waals surface area contributed by atoms with Gasteiger partial charge in [-0.05, 0) is 36.4 Å². The van der Waals surface area contributed by atoms with Crippen molar-refractivity contribution >= 4 is 11.6 Å². The van der Waals surface area contributed by atoms with Gasteiger partial charge < -0.3 is 18.9 Å². The van der Waals surface area contributed by atoms with Crippen LogP contribution in [0.2, 0.25) is 0 Å². The topological polar surface area (TPSA) is 71.1 Å². The molecule has 6 nitrogen and oxygen atoms in total. The molecule has 0 spiro atoms. The van der Waals surface area contributed by atoms with Gasteiger partial charge in [-0.25, -0.2) is 0 Å². The van der Waals surface area contributed by atoms with Gasteiger partial charge in [0.1, 0.15) is 24.7 Å². The van der Waals surface area contributed by atoms with E-state index in [0.29, 0.717) is 11.5 Å². The van der Waals surface area contributed by atoms with E-state index in [1.807, 2.05) is 60.7 Å². The number of ketones is 2. The molecule has 0 fully saturated rings. The minimum absolute atomic E-state index is 0.0985. The van der Waals surface area contributed by atoms with Gasteiger partial charge in [0.05, 0.1) is 19.6 Å². The first-order valence-corrected chi connectivity index (χ1v) is 9.07. The third-order valence-corrected chi connectivity index (χ3v) is 4.06. The Kier molecular flexibility index (Phi) is 6.94. The van der Waals surface area contributed by atoms with E-state index in [-0.39, 0.29) is 38.6 Å². The lowest BCUT2D eigenvalue weighted by Gasteiger charge is -2.32. The fraction of sp³-hybridized carbons (Fsp3) is 0.273. The first-order chi connectivity index (χ1) is 13.7. The number of benzene rings is 2. The molecule has 0 aliphatic heterocycles. The van der Waals surface area contributed by atoms with Crippen LogP contribution in [0.25, 0.3) is 0 Å². The summed E-state index contributed by atoms with van der Waals surface area (Å²) in [4.78, 5) is 24.3. The molecular weight excluding hydrogens is 360 g/mol. The fourth-order valence-electron chi connectivity index (χ4n) is 2.72. The predicted octanol–water partition coefficient (Wildman–Crippen LogP) is 2.97. The Hall–Kier alpha value is -2.96. The zero-order valence-electron chi connectivity index (χ0n) is 15.4. The molecule has 0 atom stereocenters. The lowest BCUT2D eigenvalue weighted by Crippen LogP contribution is -2.48. The lowest BCUT2D eigenvalue weighted by molar-refractivity contribution is -0.231. The van der Waals surface area contributed by atoms with Crippen molar-refractivity contribution in [2.75, 3.05) is 26.4 Å². The minimum atomic E-state index is -1.63. The number of carbonyl (C=O) groups excluding carboxylic acids is 2. The van der Waals surface area contributed by atoms with E-state index in [1.54, 1.807) is 0 Å². The van der Waals surface area contributed by atoms with Crippen molar-refractivity contribution in [2.24, 2.45) is 0 Å². The number of rotatable bonds is 10. The highest BCUT2D eigenvalue weighted by Crippen LogP contribution is 2.25. The summed E-state index contributed by atoms with van der Waals surface area (Å²) in [5, 5.41) is 0. The monoisotopic (exact) mass is 382 g/mol. The zero-order chi connectivity index (χ0) is 19.7. The SMILES string of the molecule is O=C1C=CC(=O)C(OCCOc2ccccc2)(OCCOc2ccccc2)C1. The molecule has 146 valence electrons. The Morgan fingerprint density at radius 3 is 1.68 bits per heavy atom. The van der Waals surface area contributed by atoms with Crippen LogP contribution in [0.15, 0.2) is 72.8 Å². The molecule has 3 rings (SSSR count). The third-order valence-electron chi connectivity index (χ3n) is 4.06. The molecule has 0 bridgehead atoms. The second-order valence-electron chi connectivity index (χ2n) is 6.11. The Bertz CT molecular complexity index is 753. The molecule has 2 aromatic rings. The lowest BCUT2D eigenvalue weighted by atomic mass is 9.98. The molecule has 0 aromatic heterocycles. The van der Waals surface area contributed by atoms with E-state index in [4.69, 9.17) is 18.9 Å². The first-order valence-electron chi connectivity index (χ1n) is 9.07. The molecule has 2 aromatic carbocycles. The first kappa shape index (κ1) is 19.8. The summed E-state index contributed by atoms with van der Waals surface area (Å²) >= 11 is 0. The standard InChI is InChI=1S/C22H22O6/c23-18-11-12-21(24)22(17-18,27-15-13-25-19-7-3-1-4-8-19)28-16-14-26-20-9-5-2-6-10-20/h1-12H,13-17H2. The summed E-state index contributed by atoms with van der Waals surface area (Å²) in [5.74, 6) is -0.864. The maximum Gasteiger partial charge on any atom is 0.240 e. The van der Waals surface area contributed by atoms with E-state index in [1.165, 1.54) is 12.2 Å². The van der Waals surface area contributed by atoms with Crippen LogP contribution < -0.4 is 9.47 Å². The van der Waals surface area contributed by atoms with Crippen molar-refractivity contribution in [3.8, 4) is 11.5 Å². The number of allylic oxidation sites excluding steroid dienone is 1. The number of para-hydroxylation sites is 2. The zero-order valence-corrected chi connectivity index (χ0v) is 15.4. The van der Waals surface area contributed by atoms with Gasteiger partial charge in [-0.1, -0.05) is 36.4 Å². The number of carbonyl (C=O) groups is 2. The van der Waals surface area contributed by atoms with Crippen molar-refractivity contribution in [1.29, 1.82) is 0 Å². The van der Waals surface area contributed by atoms with Gasteiger partial charge in [0.2, 0.25) is 11.6 Å². The highest BCUT2D eigenvalue weighted by Gasteiger charge is 2.43. The van der Waals surface area contributed by atoms with Crippen molar-refractivity contribution < 1.29 is 28.5 Å². The van der Waals surface area contributed by atoms with Gasteiger partial charge in [0.25, 0.3) is 0 Å². The van der Waals surface area contributed by atoms with Crippen molar-refractivity contribution in [2.45, 2.75) is 12.2 Å². The molecule has 0 saturated heterocycles. The molecule has 0 saturated carbocycles. The average molecular weight is 382 g/mol. The van der Waals surface area contributed by atoms with Gasteiger partial charge >= 0.3 is 0 Å². The van der Waals surface area contributed by atoms with Crippen LogP contribution in [0.1, 0.15) is 6.42 Å². The summed E-state index contributed by atoms with van der Waals surface area (Å²) in [6, 6.07) is 18.5. The maximum absolute atomic E-state index is 12.4. The summed E-state index contributed by atoms with van der Waals surface area (Å²) in [6.07, 6.45) is 2.27. The van der Waals surface area contributed by atoms with Crippen LogP contribution in [0.3, 0.4) is 0 Å².